The van der Waals surface area contributed by atoms with Gasteiger partial charge in [0, 0.05) is 9.13 Å². The van der Waals surface area contributed by atoms with E-state index >= 15 is 0 Å². The molecule has 1 aromatic carbocycles. The topological polar surface area (TPSA) is 38.9 Å². The summed E-state index contributed by atoms with van der Waals surface area (Å²) >= 11 is 2.04. The van der Waals surface area contributed by atoms with Crippen LogP contribution < -0.4 is 0 Å². The first kappa shape index (κ1) is 11.4. The van der Waals surface area contributed by atoms with E-state index in [1.165, 1.54) is 0 Å². The van der Waals surface area contributed by atoms with Gasteiger partial charge in [-0.1, -0.05) is 6.07 Å². The van der Waals surface area contributed by atoms with E-state index in [9.17, 15) is 13.2 Å². The van der Waals surface area contributed by atoms with Crippen LogP contribution in [-0.4, -0.2) is 10.2 Å². The third kappa shape index (κ3) is 2.34. The van der Waals surface area contributed by atoms with Crippen molar-refractivity contribution in [1.82, 2.24) is 10.2 Å². The highest BCUT2D eigenvalue weighted by Gasteiger charge is 2.38. The largest absolute Gasteiger partial charge is 0.470 e. The highest BCUT2D eigenvalue weighted by molar-refractivity contribution is 14.1. The number of nitrogens with zero attached hydrogens (tertiary/aromatic N) is 2. The second-order valence-corrected chi connectivity index (χ2v) is 4.17. The van der Waals surface area contributed by atoms with Crippen molar-refractivity contribution in [2.24, 2.45) is 0 Å². The maximum Gasteiger partial charge on any atom is 0.470 e. The lowest BCUT2D eigenvalue weighted by Crippen LogP contribution is -2.04. The normalized spacial score (nSPS) is 11.8. The molecule has 0 amide bonds. The van der Waals surface area contributed by atoms with Gasteiger partial charge in [-0.2, -0.15) is 13.2 Å². The molecule has 0 saturated heterocycles. The number of alkyl halides is 3. The Morgan fingerprint density at radius 1 is 1.19 bits per heavy atom. The van der Waals surface area contributed by atoms with Crippen LogP contribution in [0.25, 0.3) is 11.5 Å². The molecule has 1 heterocycles. The fourth-order valence-electron chi connectivity index (χ4n) is 1.08. The third-order valence-electron chi connectivity index (χ3n) is 1.74. The first-order valence-corrected chi connectivity index (χ1v) is 5.21. The SMILES string of the molecule is FC(F)(F)c1nnc(-c2cccc(I)c2)o1. The van der Waals surface area contributed by atoms with Gasteiger partial charge in [-0.25, -0.2) is 0 Å². The lowest BCUT2D eigenvalue weighted by Gasteiger charge is -1.98. The molecular formula is C9H4F3IN2O. The number of benzene rings is 1. The maximum atomic E-state index is 12.2. The summed E-state index contributed by atoms with van der Waals surface area (Å²) in [5, 5.41) is 6.30. The number of halogens is 4. The standard InChI is InChI=1S/C9H4F3IN2O/c10-9(11,12)8-15-14-7(16-8)5-2-1-3-6(13)4-5/h1-4H. The predicted octanol–water partition coefficient (Wildman–Crippen LogP) is 3.36. The van der Waals surface area contributed by atoms with Gasteiger partial charge >= 0.3 is 12.1 Å². The summed E-state index contributed by atoms with van der Waals surface area (Å²) in [4.78, 5) is 0. The third-order valence-corrected chi connectivity index (χ3v) is 2.41. The summed E-state index contributed by atoms with van der Waals surface area (Å²) in [5.41, 5.74) is 0.468. The lowest BCUT2D eigenvalue weighted by molar-refractivity contribution is -0.156. The van der Waals surface area contributed by atoms with Crippen molar-refractivity contribution in [3.8, 4) is 11.5 Å². The van der Waals surface area contributed by atoms with Gasteiger partial charge < -0.3 is 4.42 Å². The van der Waals surface area contributed by atoms with Crippen molar-refractivity contribution in [3.05, 3.63) is 33.7 Å². The Labute approximate surface area is 102 Å². The van der Waals surface area contributed by atoms with Crippen molar-refractivity contribution in [2.75, 3.05) is 0 Å². The molecule has 0 radical (unpaired) electrons. The molecule has 0 atom stereocenters. The first-order valence-electron chi connectivity index (χ1n) is 4.13. The monoisotopic (exact) mass is 340 g/mol. The van der Waals surface area contributed by atoms with Gasteiger partial charge in [-0.15, -0.1) is 10.2 Å². The molecule has 1 aromatic heterocycles. The Morgan fingerprint density at radius 2 is 1.94 bits per heavy atom. The van der Waals surface area contributed by atoms with Gasteiger partial charge in [0.25, 0.3) is 0 Å². The number of hydrogen-bond donors (Lipinski definition) is 0. The molecule has 2 rings (SSSR count). The number of hydrogen-bond acceptors (Lipinski definition) is 3. The van der Waals surface area contributed by atoms with Gasteiger partial charge in [0.05, 0.1) is 0 Å². The Bertz CT molecular complexity index is 509. The maximum absolute atomic E-state index is 12.2. The van der Waals surface area contributed by atoms with E-state index in [1.54, 1.807) is 18.2 Å². The summed E-state index contributed by atoms with van der Waals surface area (Å²) in [5.74, 6) is -1.47. The first-order chi connectivity index (χ1) is 7.47. The molecule has 0 spiro atoms. The summed E-state index contributed by atoms with van der Waals surface area (Å²) < 4.78 is 42.0. The van der Waals surface area contributed by atoms with Crippen LogP contribution in [0, 0.1) is 3.57 Å². The quantitative estimate of drug-likeness (QED) is 0.748. The molecule has 16 heavy (non-hydrogen) atoms. The van der Waals surface area contributed by atoms with Crippen LogP contribution >= 0.6 is 22.6 Å². The predicted molar refractivity (Wildman–Crippen MR) is 57.5 cm³/mol. The average molecular weight is 340 g/mol. The summed E-state index contributed by atoms with van der Waals surface area (Å²) in [6.45, 7) is 0. The Balaban J connectivity index is 2.39. The molecule has 7 heteroatoms. The van der Waals surface area contributed by atoms with Crippen molar-refractivity contribution >= 4 is 22.6 Å². The minimum atomic E-state index is -4.60. The molecule has 0 aliphatic heterocycles. The zero-order valence-electron chi connectivity index (χ0n) is 7.62. The molecule has 0 fully saturated rings. The molecule has 0 N–H and O–H groups in total. The Kier molecular flexibility index (Phi) is 2.87. The van der Waals surface area contributed by atoms with Crippen LogP contribution in [0.5, 0.6) is 0 Å². The van der Waals surface area contributed by atoms with Gasteiger partial charge in [0.15, 0.2) is 0 Å². The number of aromatic nitrogens is 2. The van der Waals surface area contributed by atoms with E-state index < -0.39 is 12.1 Å². The van der Waals surface area contributed by atoms with Crippen LogP contribution in [0.1, 0.15) is 5.89 Å². The number of rotatable bonds is 1. The highest BCUT2D eigenvalue weighted by Crippen LogP contribution is 2.30. The van der Waals surface area contributed by atoms with E-state index in [-0.39, 0.29) is 5.89 Å². The van der Waals surface area contributed by atoms with Gasteiger partial charge in [-0.05, 0) is 40.8 Å². The van der Waals surface area contributed by atoms with E-state index in [0.717, 1.165) is 3.57 Å². The van der Waals surface area contributed by atoms with Gasteiger partial charge in [0.1, 0.15) is 0 Å². The van der Waals surface area contributed by atoms with Gasteiger partial charge in [0.2, 0.25) is 5.89 Å². The molecule has 0 bridgehead atoms. The van der Waals surface area contributed by atoms with Crippen molar-refractivity contribution in [3.63, 3.8) is 0 Å². The van der Waals surface area contributed by atoms with E-state index in [0.29, 0.717) is 5.56 Å². The molecule has 2 aromatic rings. The second-order valence-electron chi connectivity index (χ2n) is 2.92. The fourth-order valence-corrected chi connectivity index (χ4v) is 1.62. The fraction of sp³-hybridized carbons (Fsp3) is 0.111. The van der Waals surface area contributed by atoms with Gasteiger partial charge in [-0.3, -0.25) is 0 Å². The minimum absolute atomic E-state index is 0.133. The molecule has 84 valence electrons. The Hall–Kier alpha value is -1.12. The van der Waals surface area contributed by atoms with E-state index in [1.807, 2.05) is 28.7 Å². The van der Waals surface area contributed by atoms with Crippen LogP contribution in [-0.2, 0) is 6.18 Å². The molecular weight excluding hydrogens is 336 g/mol. The van der Waals surface area contributed by atoms with Crippen molar-refractivity contribution in [1.29, 1.82) is 0 Å². The van der Waals surface area contributed by atoms with Crippen molar-refractivity contribution in [2.45, 2.75) is 6.18 Å². The van der Waals surface area contributed by atoms with Crippen molar-refractivity contribution < 1.29 is 17.6 Å². The molecule has 0 aliphatic rings. The molecule has 0 saturated carbocycles. The molecule has 3 nitrogen and oxygen atoms in total. The van der Waals surface area contributed by atoms with E-state index in [2.05, 4.69) is 14.6 Å². The molecule has 0 aliphatic carbocycles. The average Bonchev–Trinajstić information content (AvgIpc) is 2.65. The second kappa shape index (κ2) is 4.04. The highest BCUT2D eigenvalue weighted by atomic mass is 127. The smallest absolute Gasteiger partial charge is 0.413 e. The van der Waals surface area contributed by atoms with E-state index in [4.69, 9.17) is 0 Å². The van der Waals surface area contributed by atoms with Crippen LogP contribution in [0.15, 0.2) is 28.7 Å². The zero-order valence-corrected chi connectivity index (χ0v) is 9.78. The lowest BCUT2D eigenvalue weighted by atomic mass is 10.2. The van der Waals surface area contributed by atoms with Crippen LogP contribution in [0.3, 0.4) is 0 Å². The minimum Gasteiger partial charge on any atom is -0.413 e. The Morgan fingerprint density at radius 3 is 2.50 bits per heavy atom. The van der Waals surface area contributed by atoms with Crippen LogP contribution in [0.4, 0.5) is 13.2 Å². The summed E-state index contributed by atoms with van der Waals surface area (Å²) in [6.07, 6.45) is -4.60. The van der Waals surface area contributed by atoms with Crippen LogP contribution in [0.2, 0.25) is 0 Å². The zero-order chi connectivity index (χ0) is 11.8. The summed E-state index contributed by atoms with van der Waals surface area (Å²) in [7, 11) is 0. The molecule has 0 unspecified atom stereocenters. The summed E-state index contributed by atoms with van der Waals surface area (Å²) in [6, 6.07) is 6.78.